The second-order valence-electron chi connectivity index (χ2n) is 4.86. The summed E-state index contributed by atoms with van der Waals surface area (Å²) in [6, 6.07) is 2.84. The number of piperidine rings is 1. The van der Waals surface area contributed by atoms with Crippen molar-refractivity contribution >= 4 is 5.91 Å². The Kier molecular flexibility index (Phi) is 3.81. The molecule has 0 aromatic carbocycles. The van der Waals surface area contributed by atoms with Crippen molar-refractivity contribution < 1.29 is 9.21 Å². The summed E-state index contributed by atoms with van der Waals surface area (Å²) in [6.45, 7) is 3.35. The third kappa shape index (κ3) is 2.61. The molecule has 0 radical (unpaired) electrons. The Hall–Kier alpha value is -1.62. The first-order valence-corrected chi connectivity index (χ1v) is 6.21. The maximum absolute atomic E-state index is 12.3. The second kappa shape index (κ2) is 5.35. The molecule has 1 saturated heterocycles. The number of carbonyl (C=O) groups excluding carboxylic acids is 1. The van der Waals surface area contributed by atoms with Crippen LogP contribution in [-0.4, -0.2) is 29.9 Å². The summed E-state index contributed by atoms with van der Waals surface area (Å²) < 4.78 is 4.73. The molecule has 1 fully saturated rings. The average molecular weight is 250 g/mol. The molecule has 0 aliphatic carbocycles. The molecule has 2 heterocycles. The molecule has 0 spiro atoms. The van der Waals surface area contributed by atoms with Gasteiger partial charge in [-0.2, -0.15) is 0 Å². The number of amides is 1. The van der Waals surface area contributed by atoms with Crippen LogP contribution in [0.25, 0.3) is 0 Å². The van der Waals surface area contributed by atoms with Gasteiger partial charge in [0.05, 0.1) is 5.56 Å². The molecule has 1 aliphatic heterocycles. The van der Waals surface area contributed by atoms with E-state index in [0.29, 0.717) is 24.6 Å². The Morgan fingerprint density at radius 2 is 2.33 bits per heavy atom. The lowest BCUT2D eigenvalue weighted by Crippen LogP contribution is -2.49. The third-order valence-electron chi connectivity index (χ3n) is 3.46. The van der Waals surface area contributed by atoms with Crippen LogP contribution in [0.15, 0.2) is 27.6 Å². The van der Waals surface area contributed by atoms with Crippen LogP contribution in [0.3, 0.4) is 0 Å². The fourth-order valence-electron chi connectivity index (χ4n) is 2.39. The van der Waals surface area contributed by atoms with Gasteiger partial charge in [-0.1, -0.05) is 6.92 Å². The Morgan fingerprint density at radius 1 is 1.56 bits per heavy atom. The van der Waals surface area contributed by atoms with Crippen LogP contribution in [0.5, 0.6) is 0 Å². The van der Waals surface area contributed by atoms with Crippen molar-refractivity contribution in [1.29, 1.82) is 0 Å². The number of rotatable bonds is 2. The highest BCUT2D eigenvalue weighted by molar-refractivity contribution is 5.94. The first kappa shape index (κ1) is 12.8. The van der Waals surface area contributed by atoms with Gasteiger partial charge >= 0.3 is 5.63 Å². The molecule has 1 aromatic heterocycles. The molecule has 2 N–H and O–H groups in total. The van der Waals surface area contributed by atoms with E-state index in [-0.39, 0.29) is 11.9 Å². The Morgan fingerprint density at radius 3 is 2.94 bits per heavy atom. The van der Waals surface area contributed by atoms with E-state index in [0.717, 1.165) is 12.8 Å². The predicted octanol–water partition coefficient (Wildman–Crippen LogP) is 0.839. The Balaban J connectivity index is 2.17. The zero-order chi connectivity index (χ0) is 13.1. The molecule has 5 heteroatoms. The van der Waals surface area contributed by atoms with Crippen LogP contribution in [0.2, 0.25) is 0 Å². The molecular formula is C13H18N2O3. The highest BCUT2D eigenvalue weighted by Crippen LogP contribution is 2.23. The first-order valence-electron chi connectivity index (χ1n) is 6.21. The van der Waals surface area contributed by atoms with Crippen LogP contribution in [0.1, 0.15) is 30.1 Å². The van der Waals surface area contributed by atoms with Crippen LogP contribution in [0, 0.1) is 5.92 Å². The normalized spacial score (nSPS) is 24.0. The van der Waals surface area contributed by atoms with Gasteiger partial charge in [0.1, 0.15) is 6.26 Å². The van der Waals surface area contributed by atoms with E-state index in [1.54, 1.807) is 4.90 Å². The van der Waals surface area contributed by atoms with Gasteiger partial charge in [-0.3, -0.25) is 4.79 Å². The van der Waals surface area contributed by atoms with Crippen molar-refractivity contribution in [1.82, 2.24) is 4.90 Å². The quantitative estimate of drug-likeness (QED) is 0.843. The monoisotopic (exact) mass is 250 g/mol. The minimum atomic E-state index is -0.450. The molecule has 18 heavy (non-hydrogen) atoms. The zero-order valence-electron chi connectivity index (χ0n) is 10.5. The standard InChI is InChI=1S/C13H18N2O3/c1-9-4-5-15(11(6-9)7-14)13(17)10-2-3-12(16)18-8-10/h2-3,8-9,11H,4-7,14H2,1H3. The maximum Gasteiger partial charge on any atom is 0.335 e. The second-order valence-corrected chi connectivity index (χ2v) is 4.86. The topological polar surface area (TPSA) is 76.5 Å². The van der Waals surface area contributed by atoms with E-state index in [1.165, 1.54) is 18.4 Å². The smallest absolute Gasteiger partial charge is 0.335 e. The van der Waals surface area contributed by atoms with Gasteiger partial charge < -0.3 is 15.1 Å². The van der Waals surface area contributed by atoms with Gasteiger partial charge in [0.2, 0.25) is 0 Å². The van der Waals surface area contributed by atoms with E-state index in [1.807, 2.05) is 0 Å². The molecule has 1 aliphatic rings. The number of nitrogens with two attached hydrogens (primary N) is 1. The average Bonchev–Trinajstić information content (AvgIpc) is 2.38. The van der Waals surface area contributed by atoms with Crippen LogP contribution in [0.4, 0.5) is 0 Å². The molecule has 5 nitrogen and oxygen atoms in total. The summed E-state index contributed by atoms with van der Waals surface area (Å²) >= 11 is 0. The lowest BCUT2D eigenvalue weighted by Gasteiger charge is -2.37. The van der Waals surface area contributed by atoms with Gasteiger partial charge in [0.15, 0.2) is 0 Å². The SMILES string of the molecule is CC1CCN(C(=O)c2ccc(=O)oc2)C(CN)C1. The van der Waals surface area contributed by atoms with Crippen molar-refractivity contribution in [3.05, 3.63) is 34.4 Å². The van der Waals surface area contributed by atoms with Gasteiger partial charge in [0.25, 0.3) is 5.91 Å². The lowest BCUT2D eigenvalue weighted by molar-refractivity contribution is 0.0571. The van der Waals surface area contributed by atoms with E-state index >= 15 is 0 Å². The van der Waals surface area contributed by atoms with Crippen molar-refractivity contribution in [2.24, 2.45) is 11.7 Å². The van der Waals surface area contributed by atoms with Gasteiger partial charge in [-0.05, 0) is 24.8 Å². The molecule has 0 saturated carbocycles. The lowest BCUT2D eigenvalue weighted by atomic mass is 9.92. The molecule has 0 bridgehead atoms. The van der Waals surface area contributed by atoms with E-state index in [9.17, 15) is 9.59 Å². The summed E-state index contributed by atoms with van der Waals surface area (Å²) in [6.07, 6.45) is 3.13. The number of carbonyl (C=O) groups is 1. The van der Waals surface area contributed by atoms with Crippen LogP contribution >= 0.6 is 0 Å². The van der Waals surface area contributed by atoms with Crippen LogP contribution in [-0.2, 0) is 0 Å². The highest BCUT2D eigenvalue weighted by atomic mass is 16.4. The summed E-state index contributed by atoms with van der Waals surface area (Å²) in [7, 11) is 0. The molecule has 98 valence electrons. The van der Waals surface area contributed by atoms with Gasteiger partial charge in [-0.15, -0.1) is 0 Å². The zero-order valence-corrected chi connectivity index (χ0v) is 10.5. The Bertz CT molecular complexity index is 463. The van der Waals surface area contributed by atoms with Crippen molar-refractivity contribution in [2.45, 2.75) is 25.8 Å². The Labute approximate surface area is 106 Å². The van der Waals surface area contributed by atoms with Gasteiger partial charge in [0, 0.05) is 25.2 Å². The van der Waals surface area contributed by atoms with Crippen molar-refractivity contribution in [2.75, 3.05) is 13.1 Å². The first-order chi connectivity index (χ1) is 8.61. The molecule has 2 atom stereocenters. The molecule has 1 amide bonds. The summed E-state index contributed by atoms with van der Waals surface area (Å²) in [5, 5.41) is 0. The largest absolute Gasteiger partial charge is 0.430 e. The molecule has 1 aromatic rings. The van der Waals surface area contributed by atoms with E-state index in [4.69, 9.17) is 10.2 Å². The number of hydrogen-bond acceptors (Lipinski definition) is 4. The maximum atomic E-state index is 12.3. The summed E-state index contributed by atoms with van der Waals surface area (Å²) in [5.74, 6) is 0.484. The molecule has 2 rings (SSSR count). The molecule has 2 unspecified atom stereocenters. The minimum Gasteiger partial charge on any atom is -0.430 e. The number of likely N-dealkylation sites (tertiary alicyclic amines) is 1. The number of nitrogens with zero attached hydrogens (tertiary/aromatic N) is 1. The highest BCUT2D eigenvalue weighted by Gasteiger charge is 2.29. The van der Waals surface area contributed by atoms with E-state index in [2.05, 4.69) is 6.92 Å². The summed E-state index contributed by atoms with van der Waals surface area (Å²) in [5.41, 5.74) is 5.68. The van der Waals surface area contributed by atoms with Crippen LogP contribution < -0.4 is 11.4 Å². The molecular weight excluding hydrogens is 232 g/mol. The summed E-state index contributed by atoms with van der Waals surface area (Å²) in [4.78, 5) is 25.0. The van der Waals surface area contributed by atoms with E-state index < -0.39 is 5.63 Å². The third-order valence-corrected chi connectivity index (χ3v) is 3.46. The fraction of sp³-hybridized carbons (Fsp3) is 0.538. The fourth-order valence-corrected chi connectivity index (χ4v) is 2.39. The minimum absolute atomic E-state index is 0.0770. The predicted molar refractivity (Wildman–Crippen MR) is 67.3 cm³/mol. The van der Waals surface area contributed by atoms with Gasteiger partial charge in [-0.25, -0.2) is 4.79 Å². The number of hydrogen-bond donors (Lipinski definition) is 1. The van der Waals surface area contributed by atoms with Crippen molar-refractivity contribution in [3.8, 4) is 0 Å². The van der Waals surface area contributed by atoms with Crippen molar-refractivity contribution in [3.63, 3.8) is 0 Å².